The largest absolute Gasteiger partial charge is 0.455 e. The Labute approximate surface area is 281 Å². The molecule has 10 rings (SSSR count). The summed E-state index contributed by atoms with van der Waals surface area (Å²) in [5.74, 6) is 1.86. The second kappa shape index (κ2) is 10.9. The average Bonchev–Trinajstić information content (AvgIpc) is 3.57. The van der Waals surface area contributed by atoms with E-state index < -0.39 is 0 Å². The second-order valence-corrected chi connectivity index (χ2v) is 12.3. The number of rotatable bonds is 4. The van der Waals surface area contributed by atoms with Crippen LogP contribution in [0.5, 0.6) is 0 Å². The monoisotopic (exact) mass is 626 g/mol. The third-order valence-corrected chi connectivity index (χ3v) is 9.40. The maximum atomic E-state index is 6.57. The molecule has 0 atom stereocenters. The van der Waals surface area contributed by atoms with Gasteiger partial charge in [-0.1, -0.05) is 121 Å². The molecule has 0 aliphatic carbocycles. The van der Waals surface area contributed by atoms with Crippen LogP contribution in [0.3, 0.4) is 0 Å². The summed E-state index contributed by atoms with van der Waals surface area (Å²) in [6.45, 7) is 0. The summed E-state index contributed by atoms with van der Waals surface area (Å²) in [7, 11) is 0. The summed E-state index contributed by atoms with van der Waals surface area (Å²) in [6, 6.07) is 50.3. The first kappa shape index (κ1) is 27.4. The molecule has 5 nitrogen and oxygen atoms in total. The Balaban J connectivity index is 1.29. The summed E-state index contributed by atoms with van der Waals surface area (Å²) < 4.78 is 6.57. The van der Waals surface area contributed by atoms with Crippen LogP contribution in [0.15, 0.2) is 162 Å². The summed E-state index contributed by atoms with van der Waals surface area (Å²) >= 11 is 0. The van der Waals surface area contributed by atoms with Gasteiger partial charge in [-0.15, -0.1) is 0 Å². The Hall–Kier alpha value is -6.72. The van der Waals surface area contributed by atoms with Crippen molar-refractivity contribution in [1.82, 2.24) is 19.9 Å². The Morgan fingerprint density at radius 2 is 1.14 bits per heavy atom. The van der Waals surface area contributed by atoms with Crippen molar-refractivity contribution < 1.29 is 4.42 Å². The summed E-state index contributed by atoms with van der Waals surface area (Å²) in [5, 5.41) is 8.65. The highest BCUT2D eigenvalue weighted by Crippen LogP contribution is 2.44. The Kier molecular flexibility index (Phi) is 6.11. The first-order valence-electron chi connectivity index (χ1n) is 16.3. The van der Waals surface area contributed by atoms with Gasteiger partial charge in [0, 0.05) is 45.2 Å². The van der Waals surface area contributed by atoms with Crippen LogP contribution in [0.1, 0.15) is 0 Å². The second-order valence-electron chi connectivity index (χ2n) is 12.3. The highest BCUT2D eigenvalue weighted by molar-refractivity contribution is 6.20. The standard InChI is InChI=1S/C44H26N4O/c1-2-11-30(12-3-1)42-46-43(32-18-17-27-9-4-5-13-31(27)25-32)48-44(47-42)40-33-14-7-6-10-28(33)19-21-35(40)34-15-8-16-38-39(34)36-22-20-29-23-24-45-26-37(29)41(36)49-38/h1-26H. The van der Waals surface area contributed by atoms with Gasteiger partial charge in [0.15, 0.2) is 17.5 Å². The molecular weight excluding hydrogens is 601 g/mol. The molecule has 228 valence electrons. The van der Waals surface area contributed by atoms with Crippen LogP contribution in [0.2, 0.25) is 0 Å². The summed E-state index contributed by atoms with van der Waals surface area (Å²) in [6.07, 6.45) is 3.69. The molecule has 0 saturated carbocycles. The van der Waals surface area contributed by atoms with E-state index in [2.05, 4.69) is 108 Å². The predicted octanol–water partition coefficient (Wildman–Crippen LogP) is 11.3. The molecule has 10 aromatic rings. The number of nitrogens with zero attached hydrogens (tertiary/aromatic N) is 4. The number of furan rings is 1. The highest BCUT2D eigenvalue weighted by atomic mass is 16.3. The van der Waals surface area contributed by atoms with E-state index in [-0.39, 0.29) is 0 Å². The molecule has 0 fully saturated rings. The maximum Gasteiger partial charge on any atom is 0.165 e. The van der Waals surface area contributed by atoms with Crippen LogP contribution in [-0.4, -0.2) is 19.9 Å². The molecule has 0 radical (unpaired) electrons. The molecule has 7 aromatic carbocycles. The first-order valence-corrected chi connectivity index (χ1v) is 16.3. The van der Waals surface area contributed by atoms with E-state index in [9.17, 15) is 0 Å². The van der Waals surface area contributed by atoms with Crippen molar-refractivity contribution in [1.29, 1.82) is 0 Å². The molecule has 0 N–H and O–H groups in total. The van der Waals surface area contributed by atoms with Crippen LogP contribution in [0.4, 0.5) is 0 Å². The third kappa shape index (κ3) is 4.48. The van der Waals surface area contributed by atoms with Gasteiger partial charge in [0.05, 0.1) is 0 Å². The topological polar surface area (TPSA) is 64.7 Å². The van der Waals surface area contributed by atoms with Crippen molar-refractivity contribution in [2.24, 2.45) is 0 Å². The number of aromatic nitrogens is 4. The Bertz CT molecular complexity index is 2890. The van der Waals surface area contributed by atoms with Crippen LogP contribution < -0.4 is 0 Å². The SMILES string of the molecule is c1ccc(-c2nc(-c3ccc4ccccc4c3)nc(-c3c(-c4cccc5oc6c7cnccc7ccc6c45)ccc4ccccc34)n2)cc1. The van der Waals surface area contributed by atoms with Gasteiger partial charge in [0.25, 0.3) is 0 Å². The van der Waals surface area contributed by atoms with Crippen LogP contribution >= 0.6 is 0 Å². The first-order chi connectivity index (χ1) is 24.3. The normalized spacial score (nSPS) is 11.7. The number of fused-ring (bicyclic) bond motifs is 7. The molecule has 0 amide bonds. The van der Waals surface area contributed by atoms with Gasteiger partial charge in [0.1, 0.15) is 11.2 Å². The van der Waals surface area contributed by atoms with Crippen LogP contribution in [-0.2, 0) is 0 Å². The molecule has 0 aliphatic heterocycles. The van der Waals surface area contributed by atoms with E-state index >= 15 is 0 Å². The lowest BCUT2D eigenvalue weighted by Gasteiger charge is -2.15. The lowest BCUT2D eigenvalue weighted by Crippen LogP contribution is -2.02. The van der Waals surface area contributed by atoms with Crippen molar-refractivity contribution in [2.45, 2.75) is 0 Å². The minimum atomic E-state index is 0.614. The lowest BCUT2D eigenvalue weighted by atomic mass is 9.91. The highest BCUT2D eigenvalue weighted by Gasteiger charge is 2.22. The molecule has 0 saturated heterocycles. The predicted molar refractivity (Wildman–Crippen MR) is 199 cm³/mol. The zero-order chi connectivity index (χ0) is 32.3. The lowest BCUT2D eigenvalue weighted by molar-refractivity contribution is 0.672. The fourth-order valence-electron chi connectivity index (χ4n) is 7.07. The van der Waals surface area contributed by atoms with Gasteiger partial charge < -0.3 is 4.42 Å². The van der Waals surface area contributed by atoms with E-state index in [1.54, 1.807) is 0 Å². The number of benzene rings is 7. The van der Waals surface area contributed by atoms with Crippen molar-refractivity contribution in [3.8, 4) is 45.3 Å². The third-order valence-electron chi connectivity index (χ3n) is 9.40. The summed E-state index contributed by atoms with van der Waals surface area (Å²) in [4.78, 5) is 19.9. The van der Waals surface area contributed by atoms with Gasteiger partial charge in [-0.3, -0.25) is 4.98 Å². The number of hydrogen-bond donors (Lipinski definition) is 0. The van der Waals surface area contributed by atoms with Gasteiger partial charge in [-0.05, 0) is 62.3 Å². The van der Waals surface area contributed by atoms with Crippen molar-refractivity contribution in [3.05, 3.63) is 158 Å². The van der Waals surface area contributed by atoms with Crippen molar-refractivity contribution >= 4 is 54.3 Å². The van der Waals surface area contributed by atoms with E-state index in [0.717, 1.165) is 76.7 Å². The molecule has 0 spiro atoms. The molecule has 3 aromatic heterocycles. The summed E-state index contributed by atoms with van der Waals surface area (Å²) in [5.41, 5.74) is 6.54. The van der Waals surface area contributed by atoms with E-state index in [4.69, 9.17) is 19.4 Å². The average molecular weight is 627 g/mol. The maximum absolute atomic E-state index is 6.57. The van der Waals surface area contributed by atoms with Gasteiger partial charge in [-0.2, -0.15) is 0 Å². The smallest absolute Gasteiger partial charge is 0.165 e. The van der Waals surface area contributed by atoms with E-state index in [0.29, 0.717) is 17.5 Å². The Morgan fingerprint density at radius 3 is 2.04 bits per heavy atom. The molecular formula is C44H26N4O. The quantitative estimate of drug-likeness (QED) is 0.194. The fourth-order valence-corrected chi connectivity index (χ4v) is 7.07. The van der Waals surface area contributed by atoms with Crippen molar-refractivity contribution in [2.75, 3.05) is 0 Å². The number of pyridine rings is 1. The molecule has 49 heavy (non-hydrogen) atoms. The zero-order valence-electron chi connectivity index (χ0n) is 26.2. The van der Waals surface area contributed by atoms with Gasteiger partial charge >= 0.3 is 0 Å². The Morgan fingerprint density at radius 1 is 0.429 bits per heavy atom. The molecule has 3 heterocycles. The molecule has 0 bridgehead atoms. The van der Waals surface area contributed by atoms with E-state index in [1.807, 2.05) is 54.9 Å². The van der Waals surface area contributed by atoms with Gasteiger partial charge in [0.2, 0.25) is 0 Å². The molecule has 0 aliphatic rings. The minimum absolute atomic E-state index is 0.614. The minimum Gasteiger partial charge on any atom is -0.455 e. The molecule has 5 heteroatoms. The number of hydrogen-bond acceptors (Lipinski definition) is 5. The van der Waals surface area contributed by atoms with Crippen LogP contribution in [0, 0.1) is 0 Å². The fraction of sp³-hybridized carbons (Fsp3) is 0. The van der Waals surface area contributed by atoms with Crippen molar-refractivity contribution in [3.63, 3.8) is 0 Å². The molecule has 0 unspecified atom stereocenters. The van der Waals surface area contributed by atoms with Crippen LogP contribution in [0.25, 0.3) is 99.5 Å². The van der Waals surface area contributed by atoms with E-state index in [1.165, 1.54) is 5.39 Å². The zero-order valence-corrected chi connectivity index (χ0v) is 26.2. The van der Waals surface area contributed by atoms with Gasteiger partial charge in [-0.25, -0.2) is 15.0 Å².